The Hall–Kier alpha value is -4.72. The van der Waals surface area contributed by atoms with Crippen LogP contribution < -0.4 is 10.6 Å². The Kier molecular flexibility index (Phi) is 6.78. The molecular weight excluding hydrogens is 432 g/mol. The fourth-order valence-electron chi connectivity index (χ4n) is 3.58. The lowest BCUT2D eigenvalue weighted by Gasteiger charge is -2.11. The number of non-ortho nitro benzene ring substituents is 1. The number of para-hydroxylation sites is 1. The standard InChI is InChI=1S/C26H22N4O4/c31-25(19-8-2-1-3-9-19)29-24(16-18-7-6-10-21(15-18)30(33)34)26(32)27-14-13-20-17-28-23-12-5-4-11-22(20)23/h1-12,15-17,28H,13-14H2,(H,27,32)(H,29,31). The molecule has 1 heterocycles. The Morgan fingerprint density at radius 1 is 0.971 bits per heavy atom. The lowest BCUT2D eigenvalue weighted by Crippen LogP contribution is -2.35. The Morgan fingerprint density at radius 3 is 2.53 bits per heavy atom. The second-order valence-electron chi connectivity index (χ2n) is 7.60. The summed E-state index contributed by atoms with van der Waals surface area (Å²) in [6, 6.07) is 22.2. The molecule has 2 amide bonds. The Bertz CT molecular complexity index is 1380. The van der Waals surface area contributed by atoms with Crippen LogP contribution in [0.25, 0.3) is 17.0 Å². The van der Waals surface area contributed by atoms with Crippen molar-refractivity contribution in [2.24, 2.45) is 0 Å². The van der Waals surface area contributed by atoms with Crippen LogP contribution >= 0.6 is 0 Å². The fourth-order valence-corrected chi connectivity index (χ4v) is 3.58. The average Bonchev–Trinajstić information content (AvgIpc) is 3.27. The van der Waals surface area contributed by atoms with E-state index >= 15 is 0 Å². The van der Waals surface area contributed by atoms with Gasteiger partial charge in [-0.25, -0.2) is 0 Å². The van der Waals surface area contributed by atoms with Crippen molar-refractivity contribution in [1.29, 1.82) is 0 Å². The minimum absolute atomic E-state index is 0.00622. The second-order valence-corrected chi connectivity index (χ2v) is 7.60. The van der Waals surface area contributed by atoms with E-state index in [-0.39, 0.29) is 11.4 Å². The van der Waals surface area contributed by atoms with Gasteiger partial charge in [-0.05, 0) is 41.8 Å². The minimum atomic E-state index is -0.513. The first kappa shape index (κ1) is 22.5. The van der Waals surface area contributed by atoms with Gasteiger partial charge in [-0.2, -0.15) is 0 Å². The maximum absolute atomic E-state index is 13.0. The maximum Gasteiger partial charge on any atom is 0.270 e. The van der Waals surface area contributed by atoms with Crippen molar-refractivity contribution in [1.82, 2.24) is 15.6 Å². The van der Waals surface area contributed by atoms with Crippen LogP contribution in [0.5, 0.6) is 0 Å². The SMILES string of the molecule is O=C(NCCc1c[nH]c2ccccc12)C(=Cc1cccc([N+](=O)[O-])c1)NC(=O)c1ccccc1. The van der Waals surface area contributed by atoms with Crippen molar-refractivity contribution >= 4 is 34.5 Å². The molecule has 0 unspecified atom stereocenters. The van der Waals surface area contributed by atoms with Crippen LogP contribution in [0, 0.1) is 10.1 Å². The first-order valence-electron chi connectivity index (χ1n) is 10.7. The van der Waals surface area contributed by atoms with E-state index in [2.05, 4.69) is 15.6 Å². The van der Waals surface area contributed by atoms with Gasteiger partial charge in [0.15, 0.2) is 0 Å². The predicted molar refractivity (Wildman–Crippen MR) is 130 cm³/mol. The molecule has 0 bridgehead atoms. The molecule has 0 saturated heterocycles. The maximum atomic E-state index is 13.0. The van der Waals surface area contributed by atoms with E-state index in [4.69, 9.17) is 0 Å². The molecule has 1 aromatic heterocycles. The number of aromatic amines is 1. The van der Waals surface area contributed by atoms with Crippen LogP contribution in [-0.2, 0) is 11.2 Å². The summed E-state index contributed by atoms with van der Waals surface area (Å²) in [6.07, 6.45) is 3.93. The van der Waals surface area contributed by atoms with Crippen molar-refractivity contribution < 1.29 is 14.5 Å². The van der Waals surface area contributed by atoms with Gasteiger partial charge in [-0.3, -0.25) is 19.7 Å². The molecule has 0 aliphatic carbocycles. The monoisotopic (exact) mass is 454 g/mol. The number of nitrogens with zero attached hydrogens (tertiary/aromatic N) is 1. The lowest BCUT2D eigenvalue weighted by molar-refractivity contribution is -0.384. The molecule has 3 N–H and O–H groups in total. The van der Waals surface area contributed by atoms with E-state index in [0.29, 0.717) is 24.1 Å². The number of carbonyl (C=O) groups excluding carboxylic acids is 2. The normalized spacial score (nSPS) is 11.2. The molecule has 8 nitrogen and oxygen atoms in total. The van der Waals surface area contributed by atoms with E-state index in [1.54, 1.807) is 36.4 Å². The molecule has 4 aromatic rings. The zero-order chi connectivity index (χ0) is 23.9. The first-order chi connectivity index (χ1) is 16.5. The molecular formula is C26H22N4O4. The number of nitro groups is 1. The topological polar surface area (TPSA) is 117 Å². The van der Waals surface area contributed by atoms with Crippen LogP contribution in [0.15, 0.2) is 90.8 Å². The highest BCUT2D eigenvalue weighted by molar-refractivity contribution is 6.05. The summed E-state index contributed by atoms with van der Waals surface area (Å²) in [6.45, 7) is 0.341. The van der Waals surface area contributed by atoms with Crippen LogP contribution in [0.3, 0.4) is 0 Å². The number of amides is 2. The molecule has 4 rings (SSSR count). The Morgan fingerprint density at radius 2 is 1.74 bits per heavy atom. The number of nitrogens with one attached hydrogen (secondary N) is 3. The van der Waals surface area contributed by atoms with Gasteiger partial charge in [0.25, 0.3) is 17.5 Å². The molecule has 0 radical (unpaired) electrons. The van der Waals surface area contributed by atoms with E-state index in [1.165, 1.54) is 24.3 Å². The van der Waals surface area contributed by atoms with Crippen molar-refractivity contribution in [2.45, 2.75) is 6.42 Å². The second kappa shape index (κ2) is 10.3. The lowest BCUT2D eigenvalue weighted by atomic mass is 10.1. The third kappa shape index (κ3) is 5.36. The number of nitro benzene ring substituents is 1. The summed E-state index contributed by atoms with van der Waals surface area (Å²) in [5.41, 5.74) is 2.78. The highest BCUT2D eigenvalue weighted by atomic mass is 16.6. The highest BCUT2D eigenvalue weighted by Crippen LogP contribution is 2.18. The van der Waals surface area contributed by atoms with Crippen molar-refractivity contribution in [2.75, 3.05) is 6.54 Å². The molecule has 34 heavy (non-hydrogen) atoms. The number of hydrogen-bond donors (Lipinski definition) is 3. The zero-order valence-corrected chi connectivity index (χ0v) is 18.2. The summed E-state index contributed by atoms with van der Waals surface area (Å²) >= 11 is 0. The zero-order valence-electron chi connectivity index (χ0n) is 18.2. The van der Waals surface area contributed by atoms with Crippen molar-refractivity contribution in [3.63, 3.8) is 0 Å². The fraction of sp³-hybridized carbons (Fsp3) is 0.0769. The minimum Gasteiger partial charge on any atom is -0.361 e. The number of hydrogen-bond acceptors (Lipinski definition) is 4. The van der Waals surface area contributed by atoms with Crippen molar-refractivity contribution in [3.05, 3.63) is 118 Å². The van der Waals surface area contributed by atoms with Crippen molar-refractivity contribution in [3.8, 4) is 0 Å². The highest BCUT2D eigenvalue weighted by Gasteiger charge is 2.15. The van der Waals surface area contributed by atoms with E-state index in [1.807, 2.05) is 30.5 Å². The molecule has 0 aliphatic rings. The van der Waals surface area contributed by atoms with Crippen LogP contribution in [0.2, 0.25) is 0 Å². The molecule has 0 spiro atoms. The molecule has 0 atom stereocenters. The summed E-state index contributed by atoms with van der Waals surface area (Å²) in [7, 11) is 0. The number of H-pyrrole nitrogens is 1. The van der Waals surface area contributed by atoms with Gasteiger partial charge >= 0.3 is 0 Å². The van der Waals surface area contributed by atoms with Gasteiger partial charge in [-0.1, -0.05) is 48.5 Å². The molecule has 3 aromatic carbocycles. The third-order valence-corrected chi connectivity index (χ3v) is 5.28. The number of fused-ring (bicyclic) bond motifs is 1. The first-order valence-corrected chi connectivity index (χ1v) is 10.7. The van der Waals surface area contributed by atoms with Gasteiger partial charge in [0.05, 0.1) is 4.92 Å². The van der Waals surface area contributed by atoms with Crippen LogP contribution in [0.1, 0.15) is 21.5 Å². The predicted octanol–water partition coefficient (Wildman–Crippen LogP) is 4.21. The largest absolute Gasteiger partial charge is 0.361 e. The van der Waals surface area contributed by atoms with Gasteiger partial charge in [0, 0.05) is 41.3 Å². The van der Waals surface area contributed by atoms with E-state index in [0.717, 1.165) is 16.5 Å². The van der Waals surface area contributed by atoms with E-state index in [9.17, 15) is 19.7 Å². The van der Waals surface area contributed by atoms with Gasteiger partial charge in [-0.15, -0.1) is 0 Å². The molecule has 8 heteroatoms. The van der Waals surface area contributed by atoms with Crippen LogP contribution in [-0.4, -0.2) is 28.3 Å². The summed E-state index contributed by atoms with van der Waals surface area (Å²) in [5.74, 6) is -0.945. The molecule has 170 valence electrons. The quantitative estimate of drug-likeness (QED) is 0.210. The van der Waals surface area contributed by atoms with E-state index < -0.39 is 16.7 Å². The summed E-state index contributed by atoms with van der Waals surface area (Å²) in [4.78, 5) is 39.5. The summed E-state index contributed by atoms with van der Waals surface area (Å²) < 4.78 is 0. The Labute approximate surface area is 195 Å². The summed E-state index contributed by atoms with van der Waals surface area (Å²) in [5, 5.41) is 17.7. The average molecular weight is 454 g/mol. The Balaban J connectivity index is 1.52. The molecule has 0 fully saturated rings. The number of rotatable bonds is 8. The van der Waals surface area contributed by atoms with Gasteiger partial charge < -0.3 is 15.6 Å². The third-order valence-electron chi connectivity index (χ3n) is 5.28. The number of aromatic nitrogens is 1. The number of carbonyl (C=O) groups is 2. The van der Waals surface area contributed by atoms with Gasteiger partial charge in [0.1, 0.15) is 5.70 Å². The molecule has 0 aliphatic heterocycles. The van der Waals surface area contributed by atoms with Gasteiger partial charge in [0.2, 0.25) is 0 Å². The number of benzene rings is 3. The smallest absolute Gasteiger partial charge is 0.270 e. The molecule has 0 saturated carbocycles. The van der Waals surface area contributed by atoms with Crippen LogP contribution in [0.4, 0.5) is 5.69 Å².